The van der Waals surface area contributed by atoms with Crippen LogP contribution in [0.3, 0.4) is 0 Å². The van der Waals surface area contributed by atoms with Crippen LogP contribution in [0.1, 0.15) is 32.6 Å². The Balaban J connectivity index is 1.92. The van der Waals surface area contributed by atoms with Gasteiger partial charge in [-0.15, -0.1) is 0 Å². The van der Waals surface area contributed by atoms with E-state index in [0.717, 1.165) is 26.1 Å². The van der Waals surface area contributed by atoms with E-state index in [0.29, 0.717) is 13.2 Å². The molecule has 1 aliphatic heterocycles. The lowest BCUT2D eigenvalue weighted by molar-refractivity contribution is -0.114. The fourth-order valence-corrected chi connectivity index (χ4v) is 2.40. The number of Topliss-reactive ketones (excluding diaryl/α,β-unsaturated/α-hetero) is 1. The number of carbonyl (C=O) groups excluding carboxylic acids is 1. The Morgan fingerprint density at radius 2 is 2.00 bits per heavy atom. The molecular formula is C16H28N2O2. The van der Waals surface area contributed by atoms with Gasteiger partial charge in [-0.05, 0) is 52.2 Å². The Morgan fingerprint density at radius 1 is 1.25 bits per heavy atom. The lowest BCUT2D eigenvalue weighted by atomic mass is 10.1. The molecule has 0 amide bonds. The van der Waals surface area contributed by atoms with E-state index in [4.69, 9.17) is 4.74 Å². The first-order valence-electron chi connectivity index (χ1n) is 7.66. The molecule has 0 radical (unpaired) electrons. The molecule has 20 heavy (non-hydrogen) atoms. The first-order chi connectivity index (χ1) is 9.72. The van der Waals surface area contributed by atoms with Crippen molar-refractivity contribution in [3.63, 3.8) is 0 Å². The molecule has 0 atom stereocenters. The van der Waals surface area contributed by atoms with E-state index < -0.39 is 0 Å². The fraction of sp³-hybridized carbons (Fsp3) is 0.812. The highest BCUT2D eigenvalue weighted by molar-refractivity contribution is 5.96. The summed E-state index contributed by atoms with van der Waals surface area (Å²) in [5, 5.41) is 0. The Labute approximate surface area is 123 Å². The van der Waals surface area contributed by atoms with Gasteiger partial charge in [-0.2, -0.15) is 0 Å². The number of carbonyl (C=O) groups is 1. The normalized spacial score (nSPS) is 15.9. The topological polar surface area (TPSA) is 32.8 Å². The minimum Gasteiger partial charge on any atom is -0.380 e. The fourth-order valence-electron chi connectivity index (χ4n) is 2.40. The van der Waals surface area contributed by atoms with Crippen LogP contribution in [0.2, 0.25) is 0 Å². The Hall–Kier alpha value is -0.890. The van der Waals surface area contributed by atoms with Crippen LogP contribution >= 0.6 is 0 Å². The molecule has 0 saturated carbocycles. The van der Waals surface area contributed by atoms with Gasteiger partial charge in [-0.3, -0.25) is 9.69 Å². The van der Waals surface area contributed by atoms with Crippen LogP contribution in [-0.4, -0.2) is 68.6 Å². The van der Waals surface area contributed by atoms with Crippen molar-refractivity contribution in [3.05, 3.63) is 0 Å². The number of likely N-dealkylation sites (tertiary alicyclic amines) is 1. The average Bonchev–Trinajstić information content (AvgIpc) is 2.44. The predicted molar refractivity (Wildman–Crippen MR) is 81.7 cm³/mol. The lowest BCUT2D eigenvalue weighted by Gasteiger charge is -2.26. The third-order valence-corrected chi connectivity index (χ3v) is 3.51. The molecule has 0 aromatic carbocycles. The third-order valence-electron chi connectivity index (χ3n) is 3.51. The zero-order chi connectivity index (χ0) is 14.6. The molecule has 1 fully saturated rings. The van der Waals surface area contributed by atoms with Crippen molar-refractivity contribution in [1.82, 2.24) is 9.80 Å². The Morgan fingerprint density at radius 3 is 2.70 bits per heavy atom. The van der Waals surface area contributed by atoms with Crippen LogP contribution in [-0.2, 0) is 9.53 Å². The SMILES string of the molecule is CC#CC(=O)CN(C)CCOCCCN1CCCCC1. The zero-order valence-electron chi connectivity index (χ0n) is 13.0. The molecule has 1 saturated heterocycles. The molecule has 1 heterocycles. The molecule has 0 aromatic rings. The maximum absolute atomic E-state index is 11.3. The first-order valence-corrected chi connectivity index (χ1v) is 7.66. The highest BCUT2D eigenvalue weighted by atomic mass is 16.5. The van der Waals surface area contributed by atoms with Crippen molar-refractivity contribution < 1.29 is 9.53 Å². The second-order valence-electron chi connectivity index (χ2n) is 5.40. The summed E-state index contributed by atoms with van der Waals surface area (Å²) < 4.78 is 5.62. The van der Waals surface area contributed by atoms with Crippen molar-refractivity contribution >= 4 is 5.78 Å². The molecule has 1 aliphatic rings. The van der Waals surface area contributed by atoms with Crippen molar-refractivity contribution in [2.24, 2.45) is 0 Å². The van der Waals surface area contributed by atoms with Crippen LogP contribution in [0.4, 0.5) is 0 Å². The molecule has 4 heteroatoms. The van der Waals surface area contributed by atoms with Crippen molar-refractivity contribution in [2.45, 2.75) is 32.6 Å². The van der Waals surface area contributed by atoms with E-state index in [1.807, 2.05) is 11.9 Å². The van der Waals surface area contributed by atoms with Gasteiger partial charge in [0.1, 0.15) is 0 Å². The second kappa shape index (κ2) is 10.8. The summed E-state index contributed by atoms with van der Waals surface area (Å²) in [4.78, 5) is 15.8. The number of likely N-dealkylation sites (N-methyl/N-ethyl adjacent to an activating group) is 1. The summed E-state index contributed by atoms with van der Waals surface area (Å²) in [6.45, 7) is 8.01. The first kappa shape index (κ1) is 17.2. The largest absolute Gasteiger partial charge is 0.380 e. The van der Waals surface area contributed by atoms with E-state index in [-0.39, 0.29) is 5.78 Å². The molecule has 0 N–H and O–H groups in total. The number of hydrogen-bond donors (Lipinski definition) is 0. The van der Waals surface area contributed by atoms with Crippen LogP contribution in [0.25, 0.3) is 0 Å². The van der Waals surface area contributed by atoms with E-state index in [2.05, 4.69) is 16.7 Å². The van der Waals surface area contributed by atoms with Gasteiger partial charge >= 0.3 is 0 Å². The number of hydrogen-bond acceptors (Lipinski definition) is 4. The molecule has 1 rings (SSSR count). The van der Waals surface area contributed by atoms with Gasteiger partial charge < -0.3 is 9.64 Å². The van der Waals surface area contributed by atoms with Gasteiger partial charge in [0.05, 0.1) is 13.2 Å². The quantitative estimate of drug-likeness (QED) is 0.363. The third kappa shape index (κ3) is 8.31. The molecular weight excluding hydrogens is 252 g/mol. The van der Waals surface area contributed by atoms with E-state index >= 15 is 0 Å². The van der Waals surface area contributed by atoms with Crippen LogP contribution in [0.5, 0.6) is 0 Å². The van der Waals surface area contributed by atoms with Crippen LogP contribution in [0.15, 0.2) is 0 Å². The molecule has 0 aliphatic carbocycles. The molecule has 0 bridgehead atoms. The molecule has 0 unspecified atom stereocenters. The number of piperidine rings is 1. The molecule has 0 spiro atoms. The highest BCUT2D eigenvalue weighted by Gasteiger charge is 2.09. The van der Waals surface area contributed by atoms with Crippen LogP contribution < -0.4 is 0 Å². The number of rotatable bonds is 9. The smallest absolute Gasteiger partial charge is 0.219 e. The highest BCUT2D eigenvalue weighted by Crippen LogP contribution is 2.08. The van der Waals surface area contributed by atoms with Gasteiger partial charge in [0.15, 0.2) is 0 Å². The van der Waals surface area contributed by atoms with E-state index in [1.165, 1.54) is 32.4 Å². The van der Waals surface area contributed by atoms with Crippen LogP contribution in [0, 0.1) is 11.8 Å². The second-order valence-corrected chi connectivity index (χ2v) is 5.40. The molecule has 4 nitrogen and oxygen atoms in total. The van der Waals surface area contributed by atoms with E-state index in [1.54, 1.807) is 6.92 Å². The molecule has 0 aromatic heterocycles. The van der Waals surface area contributed by atoms with Gasteiger partial charge in [-0.25, -0.2) is 0 Å². The van der Waals surface area contributed by atoms with Gasteiger partial charge in [0, 0.05) is 19.7 Å². The number of ether oxygens (including phenoxy) is 1. The maximum Gasteiger partial charge on any atom is 0.219 e. The summed E-state index contributed by atoms with van der Waals surface area (Å²) in [5.74, 6) is 5.14. The Kier molecular flexibility index (Phi) is 9.31. The van der Waals surface area contributed by atoms with Gasteiger partial charge in [0.25, 0.3) is 0 Å². The van der Waals surface area contributed by atoms with Gasteiger partial charge in [-0.1, -0.05) is 12.3 Å². The zero-order valence-corrected chi connectivity index (χ0v) is 13.0. The maximum atomic E-state index is 11.3. The summed E-state index contributed by atoms with van der Waals surface area (Å²) in [6, 6.07) is 0. The number of nitrogens with zero attached hydrogens (tertiary/aromatic N) is 2. The predicted octanol–water partition coefficient (Wildman–Crippen LogP) is 1.40. The van der Waals surface area contributed by atoms with Gasteiger partial charge in [0.2, 0.25) is 5.78 Å². The Bertz CT molecular complexity index is 327. The lowest BCUT2D eigenvalue weighted by Crippen LogP contribution is -2.31. The average molecular weight is 280 g/mol. The minimum atomic E-state index is -0.0277. The van der Waals surface area contributed by atoms with E-state index in [9.17, 15) is 4.79 Å². The molecule has 114 valence electrons. The summed E-state index contributed by atoms with van der Waals surface area (Å²) in [5.41, 5.74) is 0. The van der Waals surface area contributed by atoms with Crippen molar-refractivity contribution in [3.8, 4) is 11.8 Å². The van der Waals surface area contributed by atoms with Crippen molar-refractivity contribution in [2.75, 3.05) is 53.0 Å². The monoisotopic (exact) mass is 280 g/mol. The summed E-state index contributed by atoms with van der Waals surface area (Å²) >= 11 is 0. The summed E-state index contributed by atoms with van der Waals surface area (Å²) in [7, 11) is 1.92. The number of ketones is 1. The van der Waals surface area contributed by atoms with Crippen molar-refractivity contribution in [1.29, 1.82) is 0 Å². The minimum absolute atomic E-state index is 0.0277. The standard InChI is InChI=1S/C16H28N2O2/c1-3-8-16(19)15-17(2)12-14-20-13-7-11-18-9-5-4-6-10-18/h4-7,9-15H2,1-2H3. The summed E-state index contributed by atoms with van der Waals surface area (Å²) in [6.07, 6.45) is 5.19.